The highest BCUT2D eigenvalue weighted by molar-refractivity contribution is 8.00. The average molecular weight is 614 g/mol. The summed E-state index contributed by atoms with van der Waals surface area (Å²) < 4.78 is 11.2. The van der Waals surface area contributed by atoms with Crippen LogP contribution in [0.15, 0.2) is 76.6 Å². The van der Waals surface area contributed by atoms with Gasteiger partial charge in [0.15, 0.2) is 4.34 Å². The first-order valence-electron chi connectivity index (χ1n) is 13.5. The van der Waals surface area contributed by atoms with Crippen LogP contribution in [0.25, 0.3) is 5.76 Å². The fourth-order valence-corrected chi connectivity index (χ4v) is 7.00. The standard InChI is InChI=1S/C32H27N3O6S2/c1-17-4-6-19(7-5-17)16-42-32-34-33-31(43-32)35-26(20-8-10-21(11-9-20)30(39)40-3)25(28(37)29(35)38)27(36)22-12-13-24-23(15-22)14-18(2)41-24/h4-13,15,18,26,36H,14,16H2,1-3H3/b27-25-. The number of ketones is 1. The van der Waals surface area contributed by atoms with Crippen LogP contribution in [-0.2, 0) is 26.5 Å². The number of methoxy groups -OCH3 is 1. The van der Waals surface area contributed by atoms with Crippen molar-refractivity contribution in [3.8, 4) is 5.75 Å². The second-order valence-electron chi connectivity index (χ2n) is 10.4. The SMILES string of the molecule is COC(=O)c1ccc(C2/C(=C(/O)c3ccc4c(c3)CC(C)O4)C(=O)C(=O)N2c2nnc(SCc3ccc(C)cc3)s2)cc1. The number of carbonyl (C=O) groups is 3. The maximum atomic E-state index is 13.6. The number of carbonyl (C=O) groups excluding carboxylic acids is 3. The Morgan fingerprint density at radius 1 is 1.07 bits per heavy atom. The zero-order chi connectivity index (χ0) is 30.2. The molecular formula is C32H27N3O6S2. The number of hydrogen-bond acceptors (Lipinski definition) is 10. The molecule has 11 heteroatoms. The molecule has 3 heterocycles. The molecule has 2 atom stereocenters. The number of anilines is 1. The molecule has 4 aromatic rings. The van der Waals surface area contributed by atoms with E-state index >= 15 is 0 Å². The van der Waals surface area contributed by atoms with Crippen LogP contribution in [0.1, 0.15) is 51.1 Å². The van der Waals surface area contributed by atoms with Gasteiger partial charge in [0.05, 0.1) is 24.3 Å². The number of nitrogens with zero attached hydrogens (tertiary/aromatic N) is 3. The van der Waals surface area contributed by atoms with Gasteiger partial charge in [0, 0.05) is 17.7 Å². The van der Waals surface area contributed by atoms with Crippen molar-refractivity contribution < 1.29 is 29.0 Å². The highest BCUT2D eigenvalue weighted by Crippen LogP contribution is 2.44. The fourth-order valence-electron chi connectivity index (χ4n) is 5.18. The first-order valence-corrected chi connectivity index (χ1v) is 15.3. The molecule has 1 fully saturated rings. The summed E-state index contributed by atoms with van der Waals surface area (Å²) in [4.78, 5) is 40.5. The number of thioether (sulfide) groups is 1. The van der Waals surface area contributed by atoms with Crippen molar-refractivity contribution in [2.24, 2.45) is 0 Å². The molecule has 1 amide bonds. The summed E-state index contributed by atoms with van der Waals surface area (Å²) in [6, 6.07) is 18.8. The van der Waals surface area contributed by atoms with E-state index in [1.165, 1.54) is 40.7 Å². The van der Waals surface area contributed by atoms with Gasteiger partial charge in [0.2, 0.25) is 5.13 Å². The summed E-state index contributed by atoms with van der Waals surface area (Å²) in [5.41, 5.74) is 4.34. The van der Waals surface area contributed by atoms with E-state index in [0.717, 1.165) is 16.9 Å². The second-order valence-corrected chi connectivity index (χ2v) is 12.5. The highest BCUT2D eigenvalue weighted by Gasteiger charge is 2.48. The third-order valence-electron chi connectivity index (χ3n) is 7.35. The van der Waals surface area contributed by atoms with Crippen LogP contribution in [0.4, 0.5) is 5.13 Å². The lowest BCUT2D eigenvalue weighted by atomic mass is 9.94. The number of Topliss-reactive ketones (excluding diaryl/α,β-unsaturated/α-hetero) is 1. The van der Waals surface area contributed by atoms with E-state index in [9.17, 15) is 19.5 Å². The summed E-state index contributed by atoms with van der Waals surface area (Å²) >= 11 is 2.67. The van der Waals surface area contributed by atoms with Crippen LogP contribution in [0.5, 0.6) is 5.75 Å². The first-order chi connectivity index (χ1) is 20.7. The van der Waals surface area contributed by atoms with Gasteiger partial charge in [0.25, 0.3) is 5.78 Å². The summed E-state index contributed by atoms with van der Waals surface area (Å²) in [6.07, 6.45) is 0.665. The molecule has 9 nitrogen and oxygen atoms in total. The molecule has 2 aliphatic heterocycles. The number of ether oxygens (including phenoxy) is 2. The average Bonchev–Trinajstić information content (AvgIpc) is 3.71. The molecule has 1 saturated heterocycles. The van der Waals surface area contributed by atoms with Crippen LogP contribution in [0.3, 0.4) is 0 Å². The van der Waals surface area contributed by atoms with Gasteiger partial charge < -0.3 is 14.6 Å². The van der Waals surface area contributed by atoms with Crippen LogP contribution >= 0.6 is 23.1 Å². The minimum atomic E-state index is -1.00. The minimum Gasteiger partial charge on any atom is -0.507 e. The van der Waals surface area contributed by atoms with E-state index in [-0.39, 0.29) is 22.6 Å². The Balaban J connectivity index is 1.39. The predicted molar refractivity (Wildman–Crippen MR) is 163 cm³/mol. The monoisotopic (exact) mass is 613 g/mol. The lowest BCUT2D eigenvalue weighted by Gasteiger charge is -2.22. The van der Waals surface area contributed by atoms with E-state index < -0.39 is 23.7 Å². The third-order valence-corrected chi connectivity index (χ3v) is 9.47. The van der Waals surface area contributed by atoms with Gasteiger partial charge in [0.1, 0.15) is 17.6 Å². The molecule has 2 aliphatic rings. The predicted octanol–water partition coefficient (Wildman–Crippen LogP) is 5.88. The topological polar surface area (TPSA) is 119 Å². The number of aromatic nitrogens is 2. The van der Waals surface area contributed by atoms with Crippen molar-refractivity contribution in [1.82, 2.24) is 10.2 Å². The maximum absolute atomic E-state index is 13.6. The minimum absolute atomic E-state index is 0.00165. The molecule has 3 aromatic carbocycles. The van der Waals surface area contributed by atoms with Gasteiger partial charge in [-0.25, -0.2) is 4.79 Å². The molecule has 43 heavy (non-hydrogen) atoms. The number of benzene rings is 3. The zero-order valence-electron chi connectivity index (χ0n) is 23.6. The van der Waals surface area contributed by atoms with Crippen LogP contribution in [-0.4, -0.2) is 46.2 Å². The number of amides is 1. The second kappa shape index (κ2) is 11.7. The van der Waals surface area contributed by atoms with Gasteiger partial charge >= 0.3 is 11.9 Å². The smallest absolute Gasteiger partial charge is 0.337 e. The number of aryl methyl sites for hydroxylation is 1. The van der Waals surface area contributed by atoms with Gasteiger partial charge in [-0.05, 0) is 60.9 Å². The fraction of sp³-hybridized carbons (Fsp3) is 0.219. The molecule has 1 aromatic heterocycles. The number of esters is 1. The van der Waals surface area contributed by atoms with Gasteiger partial charge in [-0.3, -0.25) is 14.5 Å². The Labute approximate surface area is 256 Å². The molecular weight excluding hydrogens is 587 g/mol. The molecule has 0 radical (unpaired) electrons. The lowest BCUT2D eigenvalue weighted by Crippen LogP contribution is -2.29. The van der Waals surface area contributed by atoms with E-state index in [2.05, 4.69) is 10.2 Å². The van der Waals surface area contributed by atoms with E-state index in [4.69, 9.17) is 9.47 Å². The third kappa shape index (κ3) is 5.53. The summed E-state index contributed by atoms with van der Waals surface area (Å²) in [5.74, 6) is -1.10. The molecule has 6 rings (SSSR count). The molecule has 1 N–H and O–H groups in total. The Hall–Kier alpha value is -4.48. The van der Waals surface area contributed by atoms with E-state index in [1.807, 2.05) is 38.1 Å². The lowest BCUT2D eigenvalue weighted by molar-refractivity contribution is -0.132. The van der Waals surface area contributed by atoms with Crippen molar-refractivity contribution in [2.45, 2.75) is 42.5 Å². The number of fused-ring (bicyclic) bond motifs is 1. The summed E-state index contributed by atoms with van der Waals surface area (Å²) in [5, 5.41) is 20.3. The first kappa shape index (κ1) is 28.6. The summed E-state index contributed by atoms with van der Waals surface area (Å²) in [7, 11) is 1.29. The molecule has 218 valence electrons. The van der Waals surface area contributed by atoms with Crippen molar-refractivity contribution in [1.29, 1.82) is 0 Å². The maximum Gasteiger partial charge on any atom is 0.337 e. The quantitative estimate of drug-likeness (QED) is 0.0681. The van der Waals surface area contributed by atoms with Crippen molar-refractivity contribution in [2.75, 3.05) is 12.0 Å². The van der Waals surface area contributed by atoms with Crippen LogP contribution in [0, 0.1) is 6.92 Å². The Morgan fingerprint density at radius 2 is 1.79 bits per heavy atom. The Bertz CT molecular complexity index is 1760. The largest absolute Gasteiger partial charge is 0.507 e. The molecule has 0 aliphatic carbocycles. The summed E-state index contributed by atoms with van der Waals surface area (Å²) in [6.45, 7) is 3.99. The number of rotatable bonds is 7. The van der Waals surface area contributed by atoms with Crippen molar-refractivity contribution >= 4 is 51.6 Å². The van der Waals surface area contributed by atoms with Gasteiger partial charge in [-0.2, -0.15) is 0 Å². The van der Waals surface area contributed by atoms with E-state index in [1.54, 1.807) is 42.5 Å². The van der Waals surface area contributed by atoms with Gasteiger partial charge in [-0.1, -0.05) is 65.1 Å². The zero-order valence-corrected chi connectivity index (χ0v) is 25.2. The molecule has 0 saturated carbocycles. The molecule has 0 bridgehead atoms. The van der Waals surface area contributed by atoms with Crippen LogP contribution in [0.2, 0.25) is 0 Å². The van der Waals surface area contributed by atoms with E-state index in [0.29, 0.717) is 33.2 Å². The van der Waals surface area contributed by atoms with Gasteiger partial charge in [-0.15, -0.1) is 10.2 Å². The Kier molecular flexibility index (Phi) is 7.76. The number of aliphatic hydroxyl groups is 1. The number of hydrogen-bond donors (Lipinski definition) is 1. The highest BCUT2D eigenvalue weighted by atomic mass is 32.2. The van der Waals surface area contributed by atoms with Crippen LogP contribution < -0.4 is 9.64 Å². The molecule has 2 unspecified atom stereocenters. The Morgan fingerprint density at radius 3 is 2.51 bits per heavy atom. The van der Waals surface area contributed by atoms with Crippen molar-refractivity contribution in [3.63, 3.8) is 0 Å². The number of aliphatic hydroxyl groups excluding tert-OH is 1. The normalized spacial score (nSPS) is 18.9. The molecule has 0 spiro atoms. The van der Waals surface area contributed by atoms with Crippen molar-refractivity contribution in [3.05, 3.63) is 106 Å².